The molecule has 0 aliphatic carbocycles. The number of nitrogens with one attached hydrogen (secondary N) is 2. The average Bonchev–Trinajstić information content (AvgIpc) is 2.97. The number of nitrogens with zero attached hydrogens (tertiary/aromatic N) is 3. The molecule has 0 unspecified atom stereocenters. The highest BCUT2D eigenvalue weighted by atomic mass is 16.5. The Morgan fingerprint density at radius 1 is 1.32 bits per heavy atom. The van der Waals surface area contributed by atoms with Crippen LogP contribution < -0.4 is 20.3 Å². The summed E-state index contributed by atoms with van der Waals surface area (Å²) < 4.78 is 10.3. The van der Waals surface area contributed by atoms with Crippen LogP contribution in [0.2, 0.25) is 0 Å². The van der Waals surface area contributed by atoms with E-state index >= 15 is 0 Å². The second-order valence-corrected chi connectivity index (χ2v) is 4.65. The van der Waals surface area contributed by atoms with Crippen LogP contribution in [0.15, 0.2) is 28.8 Å². The standard InChI is InChI=1S/C14H19N5O3/c1-4-21-11-7-5-10(6-8-11)16-14(20)15-9-12-17-13(18-22-12)19(2)3/h5-8H,4,9H2,1-3H3,(H2,15,16,20). The van der Waals surface area contributed by atoms with Gasteiger partial charge in [-0.05, 0) is 36.3 Å². The van der Waals surface area contributed by atoms with Gasteiger partial charge in [-0.2, -0.15) is 4.98 Å². The van der Waals surface area contributed by atoms with E-state index in [1.165, 1.54) is 0 Å². The van der Waals surface area contributed by atoms with Crippen LogP contribution in [0.5, 0.6) is 5.75 Å². The van der Waals surface area contributed by atoms with Gasteiger partial charge in [-0.1, -0.05) is 0 Å². The molecule has 0 aliphatic heterocycles. The first-order valence-corrected chi connectivity index (χ1v) is 6.86. The molecule has 1 aromatic carbocycles. The lowest BCUT2D eigenvalue weighted by atomic mass is 10.3. The number of carbonyl (C=O) groups is 1. The molecule has 2 rings (SSSR count). The van der Waals surface area contributed by atoms with Gasteiger partial charge in [0, 0.05) is 19.8 Å². The predicted molar refractivity (Wildman–Crippen MR) is 82.1 cm³/mol. The fourth-order valence-corrected chi connectivity index (χ4v) is 1.63. The van der Waals surface area contributed by atoms with Crippen molar-refractivity contribution in [3.63, 3.8) is 0 Å². The molecular formula is C14H19N5O3. The van der Waals surface area contributed by atoms with E-state index < -0.39 is 0 Å². The van der Waals surface area contributed by atoms with Gasteiger partial charge < -0.3 is 24.8 Å². The number of anilines is 2. The Kier molecular flexibility index (Phi) is 5.18. The molecule has 118 valence electrons. The van der Waals surface area contributed by atoms with E-state index in [0.717, 1.165) is 5.75 Å². The summed E-state index contributed by atoms with van der Waals surface area (Å²) in [6.45, 7) is 2.68. The highest BCUT2D eigenvalue weighted by Crippen LogP contribution is 2.15. The Labute approximate surface area is 128 Å². The van der Waals surface area contributed by atoms with Crippen molar-refractivity contribution in [1.82, 2.24) is 15.5 Å². The molecule has 0 radical (unpaired) electrons. The summed E-state index contributed by atoms with van der Waals surface area (Å²) in [6, 6.07) is 6.76. The van der Waals surface area contributed by atoms with Crippen molar-refractivity contribution in [2.24, 2.45) is 0 Å². The van der Waals surface area contributed by atoms with Crippen LogP contribution >= 0.6 is 0 Å². The van der Waals surface area contributed by atoms with E-state index in [9.17, 15) is 4.79 Å². The first-order valence-electron chi connectivity index (χ1n) is 6.86. The van der Waals surface area contributed by atoms with Crippen LogP contribution in [0, 0.1) is 0 Å². The van der Waals surface area contributed by atoms with Gasteiger partial charge >= 0.3 is 6.03 Å². The van der Waals surface area contributed by atoms with Crippen molar-refractivity contribution in [2.45, 2.75) is 13.5 Å². The van der Waals surface area contributed by atoms with Gasteiger partial charge in [-0.3, -0.25) is 0 Å². The van der Waals surface area contributed by atoms with E-state index in [0.29, 0.717) is 24.1 Å². The fourth-order valence-electron chi connectivity index (χ4n) is 1.63. The van der Waals surface area contributed by atoms with E-state index in [1.807, 2.05) is 6.92 Å². The second kappa shape index (κ2) is 7.30. The lowest BCUT2D eigenvalue weighted by Gasteiger charge is -2.07. The zero-order valence-corrected chi connectivity index (χ0v) is 12.8. The highest BCUT2D eigenvalue weighted by molar-refractivity contribution is 5.89. The minimum absolute atomic E-state index is 0.156. The molecule has 0 saturated carbocycles. The van der Waals surface area contributed by atoms with Gasteiger partial charge in [-0.25, -0.2) is 4.79 Å². The molecule has 0 atom stereocenters. The van der Waals surface area contributed by atoms with Crippen molar-refractivity contribution < 1.29 is 14.1 Å². The van der Waals surface area contributed by atoms with Crippen LogP contribution in [0.4, 0.5) is 16.4 Å². The maximum atomic E-state index is 11.8. The topological polar surface area (TPSA) is 92.5 Å². The normalized spacial score (nSPS) is 10.1. The molecule has 22 heavy (non-hydrogen) atoms. The Morgan fingerprint density at radius 2 is 2.05 bits per heavy atom. The van der Waals surface area contributed by atoms with Gasteiger partial charge in [0.25, 0.3) is 5.95 Å². The van der Waals surface area contributed by atoms with Crippen LogP contribution in [-0.4, -0.2) is 36.9 Å². The smallest absolute Gasteiger partial charge is 0.319 e. The SMILES string of the molecule is CCOc1ccc(NC(=O)NCc2nc(N(C)C)no2)cc1. The molecule has 0 spiro atoms. The first-order chi connectivity index (χ1) is 10.6. The second-order valence-electron chi connectivity index (χ2n) is 4.65. The van der Waals surface area contributed by atoms with Crippen molar-refractivity contribution in [2.75, 3.05) is 30.9 Å². The Hall–Kier alpha value is -2.77. The largest absolute Gasteiger partial charge is 0.494 e. The van der Waals surface area contributed by atoms with Crippen molar-refractivity contribution in [1.29, 1.82) is 0 Å². The summed E-state index contributed by atoms with van der Waals surface area (Å²) in [5.74, 6) is 1.56. The van der Waals surface area contributed by atoms with Crippen molar-refractivity contribution in [3.8, 4) is 5.75 Å². The average molecular weight is 305 g/mol. The molecule has 2 aromatic rings. The van der Waals surface area contributed by atoms with Crippen LogP contribution in [-0.2, 0) is 6.54 Å². The molecule has 0 fully saturated rings. The Bertz CT molecular complexity index is 609. The molecule has 1 aromatic heterocycles. The summed E-state index contributed by atoms with van der Waals surface area (Å²) in [6.07, 6.45) is 0. The van der Waals surface area contributed by atoms with Crippen molar-refractivity contribution in [3.05, 3.63) is 30.2 Å². The molecule has 2 amide bonds. The highest BCUT2D eigenvalue weighted by Gasteiger charge is 2.09. The Morgan fingerprint density at radius 3 is 2.64 bits per heavy atom. The summed E-state index contributed by atoms with van der Waals surface area (Å²) in [5.41, 5.74) is 0.667. The summed E-state index contributed by atoms with van der Waals surface area (Å²) in [7, 11) is 3.61. The summed E-state index contributed by atoms with van der Waals surface area (Å²) in [5, 5.41) is 9.11. The first kappa shape index (κ1) is 15.6. The van der Waals surface area contributed by atoms with E-state index in [2.05, 4.69) is 20.8 Å². The predicted octanol–water partition coefficient (Wildman–Crippen LogP) is 1.86. The minimum atomic E-state index is -0.353. The number of benzene rings is 1. The number of rotatable bonds is 6. The van der Waals surface area contributed by atoms with Gasteiger partial charge in [0.05, 0.1) is 13.2 Å². The molecule has 8 heteroatoms. The maximum absolute atomic E-state index is 11.8. The number of aromatic nitrogens is 2. The summed E-state index contributed by atoms with van der Waals surface area (Å²) in [4.78, 5) is 17.6. The number of ether oxygens (including phenoxy) is 1. The molecule has 0 saturated heterocycles. The molecular weight excluding hydrogens is 286 g/mol. The third-order valence-electron chi connectivity index (χ3n) is 2.68. The number of amides is 2. The third-order valence-corrected chi connectivity index (χ3v) is 2.68. The molecule has 2 N–H and O–H groups in total. The van der Waals surface area contributed by atoms with E-state index in [-0.39, 0.29) is 12.6 Å². The van der Waals surface area contributed by atoms with Gasteiger partial charge in [0.15, 0.2) is 0 Å². The van der Waals surface area contributed by atoms with Crippen LogP contribution in [0.3, 0.4) is 0 Å². The van der Waals surface area contributed by atoms with Gasteiger partial charge in [0.2, 0.25) is 5.89 Å². The Balaban J connectivity index is 1.81. The number of hydrogen-bond donors (Lipinski definition) is 2. The van der Waals surface area contributed by atoms with E-state index in [1.54, 1.807) is 43.3 Å². The van der Waals surface area contributed by atoms with Crippen LogP contribution in [0.25, 0.3) is 0 Å². The zero-order chi connectivity index (χ0) is 15.9. The third kappa shape index (κ3) is 4.37. The molecule has 1 heterocycles. The number of carbonyl (C=O) groups excluding carboxylic acids is 1. The molecule has 0 bridgehead atoms. The van der Waals surface area contributed by atoms with Crippen molar-refractivity contribution >= 4 is 17.7 Å². The number of urea groups is 1. The van der Waals surface area contributed by atoms with E-state index in [4.69, 9.17) is 9.26 Å². The minimum Gasteiger partial charge on any atom is -0.494 e. The quantitative estimate of drug-likeness (QED) is 0.846. The van der Waals surface area contributed by atoms with Crippen LogP contribution in [0.1, 0.15) is 12.8 Å². The maximum Gasteiger partial charge on any atom is 0.319 e. The summed E-state index contributed by atoms with van der Waals surface area (Å²) >= 11 is 0. The molecule has 0 aliphatic rings. The lowest BCUT2D eigenvalue weighted by Crippen LogP contribution is -2.28. The lowest BCUT2D eigenvalue weighted by molar-refractivity contribution is 0.249. The van der Waals surface area contributed by atoms with Gasteiger partial charge in [0.1, 0.15) is 5.75 Å². The fraction of sp³-hybridized carbons (Fsp3) is 0.357. The monoisotopic (exact) mass is 305 g/mol. The van der Waals surface area contributed by atoms with Gasteiger partial charge in [-0.15, -0.1) is 0 Å². The number of hydrogen-bond acceptors (Lipinski definition) is 6. The molecule has 8 nitrogen and oxygen atoms in total. The zero-order valence-electron chi connectivity index (χ0n) is 12.8.